The number of para-hydroxylation sites is 1. The minimum absolute atomic E-state index is 0.0911. The number of unbranched alkanes of at least 4 members (excludes halogenated alkanes) is 1. The van der Waals surface area contributed by atoms with Gasteiger partial charge < -0.3 is 10.2 Å². The molecule has 86 valence electrons. The van der Waals surface area contributed by atoms with E-state index in [9.17, 15) is 14.7 Å². The normalized spacial score (nSPS) is 10.1. The third-order valence-corrected chi connectivity index (χ3v) is 2.32. The summed E-state index contributed by atoms with van der Waals surface area (Å²) in [6, 6.07) is 4.18. The van der Waals surface area contributed by atoms with Gasteiger partial charge in [0.2, 0.25) is 0 Å². The molecule has 4 heteroatoms. The van der Waals surface area contributed by atoms with Crippen molar-refractivity contribution in [1.29, 1.82) is 0 Å². The number of carbonyl (C=O) groups excluding carboxylic acids is 1. The number of aromatic carboxylic acids is 1. The van der Waals surface area contributed by atoms with Crippen molar-refractivity contribution in [3.05, 3.63) is 29.3 Å². The zero-order valence-corrected chi connectivity index (χ0v) is 9.06. The average Bonchev–Trinajstić information content (AvgIpc) is 2.25. The number of carboxylic acid groups (broad SMARTS) is 1. The van der Waals surface area contributed by atoms with Crippen molar-refractivity contribution >= 4 is 11.8 Å². The number of aromatic hydroxyl groups is 1. The van der Waals surface area contributed by atoms with Crippen LogP contribution in [0.25, 0.3) is 0 Å². The molecular weight excluding hydrogens is 208 g/mol. The van der Waals surface area contributed by atoms with Gasteiger partial charge in [-0.05, 0) is 18.6 Å². The predicted octanol–water partition coefficient (Wildman–Crippen LogP) is 2.46. The molecule has 0 aliphatic heterocycles. The number of Topliss-reactive ketones (excluding diaryl/α,β-unsaturated/α-hetero) is 1. The highest BCUT2D eigenvalue weighted by molar-refractivity contribution is 6.02. The Morgan fingerprint density at radius 3 is 2.44 bits per heavy atom. The molecule has 0 saturated heterocycles. The molecule has 0 unspecified atom stereocenters. The summed E-state index contributed by atoms with van der Waals surface area (Å²) in [4.78, 5) is 22.4. The highest BCUT2D eigenvalue weighted by Gasteiger charge is 2.17. The van der Waals surface area contributed by atoms with Gasteiger partial charge in [-0.2, -0.15) is 0 Å². The lowest BCUT2D eigenvalue weighted by Crippen LogP contribution is -2.04. The minimum atomic E-state index is -1.23. The molecule has 0 heterocycles. The first-order valence-corrected chi connectivity index (χ1v) is 5.16. The van der Waals surface area contributed by atoms with Gasteiger partial charge in [0.25, 0.3) is 0 Å². The molecule has 1 aromatic carbocycles. The zero-order valence-electron chi connectivity index (χ0n) is 9.06. The molecule has 4 nitrogen and oxygen atoms in total. The van der Waals surface area contributed by atoms with E-state index in [1.165, 1.54) is 18.2 Å². The zero-order chi connectivity index (χ0) is 12.1. The Labute approximate surface area is 93.5 Å². The van der Waals surface area contributed by atoms with E-state index in [1.54, 1.807) is 0 Å². The van der Waals surface area contributed by atoms with Crippen LogP contribution in [-0.4, -0.2) is 22.0 Å². The van der Waals surface area contributed by atoms with Crippen molar-refractivity contribution in [2.24, 2.45) is 0 Å². The van der Waals surface area contributed by atoms with Crippen molar-refractivity contribution < 1.29 is 19.8 Å². The maximum Gasteiger partial charge on any atom is 0.339 e. The second kappa shape index (κ2) is 5.30. The lowest BCUT2D eigenvalue weighted by atomic mass is 10.0. The van der Waals surface area contributed by atoms with Crippen LogP contribution in [0.4, 0.5) is 0 Å². The molecule has 1 rings (SSSR count). The summed E-state index contributed by atoms with van der Waals surface area (Å²) in [5.41, 5.74) is -0.143. The number of rotatable bonds is 5. The lowest BCUT2D eigenvalue weighted by molar-refractivity contribution is 0.0693. The van der Waals surface area contributed by atoms with Crippen LogP contribution in [0, 0.1) is 0 Å². The summed E-state index contributed by atoms with van der Waals surface area (Å²) in [5, 5.41) is 18.4. The Morgan fingerprint density at radius 1 is 1.25 bits per heavy atom. The van der Waals surface area contributed by atoms with Gasteiger partial charge >= 0.3 is 5.97 Å². The molecule has 0 fully saturated rings. The number of ketones is 1. The molecule has 0 saturated carbocycles. The molecule has 0 spiro atoms. The molecule has 0 bridgehead atoms. The fraction of sp³-hybridized carbons (Fsp3) is 0.333. The molecule has 0 aliphatic rings. The molecule has 0 radical (unpaired) electrons. The third kappa shape index (κ3) is 2.59. The van der Waals surface area contributed by atoms with Gasteiger partial charge in [-0.3, -0.25) is 4.79 Å². The Balaban J connectivity index is 3.01. The summed E-state index contributed by atoms with van der Waals surface area (Å²) in [5.74, 6) is -1.89. The van der Waals surface area contributed by atoms with E-state index in [0.717, 1.165) is 12.8 Å². The lowest BCUT2D eigenvalue weighted by Gasteiger charge is -2.05. The van der Waals surface area contributed by atoms with E-state index >= 15 is 0 Å². The first kappa shape index (κ1) is 12.2. The SMILES string of the molecule is CCCCC(=O)c1cccc(C(=O)O)c1O. The van der Waals surface area contributed by atoms with Crippen molar-refractivity contribution in [1.82, 2.24) is 0 Å². The third-order valence-electron chi connectivity index (χ3n) is 2.32. The number of phenols is 1. The summed E-state index contributed by atoms with van der Waals surface area (Å²) >= 11 is 0. The number of carbonyl (C=O) groups is 2. The molecular formula is C12H14O4. The monoisotopic (exact) mass is 222 g/mol. The Morgan fingerprint density at radius 2 is 1.88 bits per heavy atom. The molecule has 1 aromatic rings. The summed E-state index contributed by atoms with van der Waals surface area (Å²) in [7, 11) is 0. The van der Waals surface area contributed by atoms with E-state index in [2.05, 4.69) is 0 Å². The van der Waals surface area contributed by atoms with Crippen LogP contribution in [-0.2, 0) is 0 Å². The quantitative estimate of drug-likeness (QED) is 0.750. The fourth-order valence-corrected chi connectivity index (χ4v) is 1.41. The second-order valence-corrected chi connectivity index (χ2v) is 3.53. The summed E-state index contributed by atoms with van der Waals surface area (Å²) in [6.45, 7) is 1.96. The van der Waals surface area contributed by atoms with Gasteiger partial charge in [-0.15, -0.1) is 0 Å². The van der Waals surface area contributed by atoms with Crippen LogP contribution in [0.3, 0.4) is 0 Å². The van der Waals surface area contributed by atoms with Crippen LogP contribution < -0.4 is 0 Å². The van der Waals surface area contributed by atoms with Crippen molar-refractivity contribution in [2.75, 3.05) is 0 Å². The molecule has 2 N–H and O–H groups in total. The van der Waals surface area contributed by atoms with Gasteiger partial charge in [0.15, 0.2) is 5.78 Å². The highest BCUT2D eigenvalue weighted by atomic mass is 16.4. The Kier molecular flexibility index (Phi) is 4.05. The maximum atomic E-state index is 11.6. The predicted molar refractivity (Wildman–Crippen MR) is 58.9 cm³/mol. The first-order valence-electron chi connectivity index (χ1n) is 5.16. The molecule has 0 atom stereocenters. The molecule has 16 heavy (non-hydrogen) atoms. The van der Waals surface area contributed by atoms with Crippen LogP contribution in [0.1, 0.15) is 46.9 Å². The van der Waals surface area contributed by atoms with Crippen molar-refractivity contribution in [3.63, 3.8) is 0 Å². The smallest absolute Gasteiger partial charge is 0.339 e. The van der Waals surface area contributed by atoms with Gasteiger partial charge in [-0.1, -0.05) is 19.4 Å². The Hall–Kier alpha value is -1.84. The fourth-order valence-electron chi connectivity index (χ4n) is 1.41. The van der Waals surface area contributed by atoms with E-state index < -0.39 is 11.7 Å². The standard InChI is InChI=1S/C12H14O4/c1-2-3-7-10(13)8-5-4-6-9(11(8)14)12(15)16/h4-6,14H,2-3,7H2,1H3,(H,15,16). The topological polar surface area (TPSA) is 74.6 Å². The molecule has 0 amide bonds. The van der Waals surface area contributed by atoms with Crippen LogP contribution >= 0.6 is 0 Å². The maximum absolute atomic E-state index is 11.6. The van der Waals surface area contributed by atoms with Crippen LogP contribution in [0.2, 0.25) is 0 Å². The number of hydrogen-bond acceptors (Lipinski definition) is 3. The Bertz CT molecular complexity index is 409. The van der Waals surface area contributed by atoms with Gasteiger partial charge in [-0.25, -0.2) is 4.79 Å². The van der Waals surface area contributed by atoms with E-state index in [-0.39, 0.29) is 16.9 Å². The van der Waals surface area contributed by atoms with Gasteiger partial charge in [0.1, 0.15) is 11.3 Å². The van der Waals surface area contributed by atoms with Crippen molar-refractivity contribution in [3.8, 4) is 5.75 Å². The first-order chi connectivity index (χ1) is 7.57. The van der Waals surface area contributed by atoms with Crippen LogP contribution in [0.5, 0.6) is 5.75 Å². The molecule has 0 aliphatic carbocycles. The van der Waals surface area contributed by atoms with Gasteiger partial charge in [0.05, 0.1) is 5.56 Å². The summed E-state index contributed by atoms with van der Waals surface area (Å²) < 4.78 is 0. The largest absolute Gasteiger partial charge is 0.506 e. The molecule has 0 aromatic heterocycles. The summed E-state index contributed by atoms with van der Waals surface area (Å²) in [6.07, 6.45) is 1.94. The number of carboxylic acids is 1. The second-order valence-electron chi connectivity index (χ2n) is 3.53. The average molecular weight is 222 g/mol. The highest BCUT2D eigenvalue weighted by Crippen LogP contribution is 2.24. The van der Waals surface area contributed by atoms with E-state index in [1.807, 2.05) is 6.92 Å². The van der Waals surface area contributed by atoms with Crippen molar-refractivity contribution in [2.45, 2.75) is 26.2 Å². The van der Waals surface area contributed by atoms with E-state index in [0.29, 0.717) is 6.42 Å². The number of benzene rings is 1. The van der Waals surface area contributed by atoms with E-state index in [4.69, 9.17) is 5.11 Å². The van der Waals surface area contributed by atoms with Crippen LogP contribution in [0.15, 0.2) is 18.2 Å². The minimum Gasteiger partial charge on any atom is -0.506 e. The van der Waals surface area contributed by atoms with Gasteiger partial charge in [0, 0.05) is 6.42 Å². The number of hydrogen-bond donors (Lipinski definition) is 2.